The minimum Gasteiger partial charge on any atom is -0.493 e. The molecule has 88 valence electrons. The Bertz CT molecular complexity index is 393. The van der Waals surface area contributed by atoms with Crippen molar-refractivity contribution in [2.24, 2.45) is 5.73 Å². The highest BCUT2D eigenvalue weighted by molar-refractivity contribution is 5.42. The monoisotopic (exact) mass is 227 g/mol. The Hall–Kier alpha value is -1.16. The zero-order valence-corrected chi connectivity index (χ0v) is 9.06. The van der Waals surface area contributed by atoms with E-state index in [4.69, 9.17) is 10.5 Å². The van der Waals surface area contributed by atoms with Crippen LogP contribution in [0.5, 0.6) is 5.75 Å². The molecule has 0 spiro atoms. The van der Waals surface area contributed by atoms with Crippen LogP contribution in [-0.4, -0.2) is 13.2 Å². The first-order valence-corrected chi connectivity index (χ1v) is 5.56. The van der Waals surface area contributed by atoms with E-state index in [0.717, 1.165) is 6.42 Å². The summed E-state index contributed by atoms with van der Waals surface area (Å²) in [4.78, 5) is 0. The van der Waals surface area contributed by atoms with Gasteiger partial charge in [-0.2, -0.15) is 0 Å². The number of rotatable bonds is 4. The SMILES string of the molecule is NCCCCc1c(F)cc2c(c1F)CCO2. The normalized spacial score (nSPS) is 13.7. The Kier molecular flexibility index (Phi) is 3.39. The van der Waals surface area contributed by atoms with Gasteiger partial charge < -0.3 is 10.5 Å². The van der Waals surface area contributed by atoms with Gasteiger partial charge in [0, 0.05) is 23.6 Å². The van der Waals surface area contributed by atoms with Crippen molar-refractivity contribution in [3.05, 3.63) is 28.8 Å². The van der Waals surface area contributed by atoms with Gasteiger partial charge in [0.15, 0.2) is 0 Å². The average Bonchev–Trinajstić information content (AvgIpc) is 2.71. The van der Waals surface area contributed by atoms with Crippen LogP contribution in [0.3, 0.4) is 0 Å². The third kappa shape index (κ3) is 2.02. The van der Waals surface area contributed by atoms with Crippen molar-refractivity contribution in [3.63, 3.8) is 0 Å². The number of hydrogen-bond donors (Lipinski definition) is 1. The number of halogens is 2. The summed E-state index contributed by atoms with van der Waals surface area (Å²) in [5.41, 5.74) is 6.05. The quantitative estimate of drug-likeness (QED) is 0.800. The molecule has 0 aromatic heterocycles. The lowest BCUT2D eigenvalue weighted by Gasteiger charge is -2.08. The van der Waals surface area contributed by atoms with Crippen LogP contribution < -0.4 is 10.5 Å². The topological polar surface area (TPSA) is 35.2 Å². The Labute approximate surface area is 93.4 Å². The van der Waals surface area contributed by atoms with Crippen molar-refractivity contribution in [2.45, 2.75) is 25.7 Å². The molecule has 1 aliphatic heterocycles. The second-order valence-electron chi connectivity index (χ2n) is 3.97. The number of fused-ring (bicyclic) bond motifs is 1. The maximum absolute atomic E-state index is 13.9. The number of hydrogen-bond acceptors (Lipinski definition) is 2. The zero-order valence-electron chi connectivity index (χ0n) is 9.06. The molecule has 0 atom stereocenters. The van der Waals surface area contributed by atoms with Crippen LogP contribution in [0.15, 0.2) is 6.07 Å². The Morgan fingerprint density at radius 2 is 2.12 bits per heavy atom. The van der Waals surface area contributed by atoms with Gasteiger partial charge in [0.1, 0.15) is 17.4 Å². The first-order chi connectivity index (χ1) is 7.74. The maximum Gasteiger partial charge on any atom is 0.136 e. The standard InChI is InChI=1S/C12H15F2NO/c13-10-7-11-9(4-6-16-11)12(14)8(10)3-1-2-5-15/h7H,1-6,15H2. The van der Waals surface area contributed by atoms with Crippen LogP contribution in [0.2, 0.25) is 0 Å². The summed E-state index contributed by atoms with van der Waals surface area (Å²) >= 11 is 0. The number of ether oxygens (including phenoxy) is 1. The van der Waals surface area contributed by atoms with E-state index in [1.54, 1.807) is 0 Å². The molecule has 0 radical (unpaired) electrons. The van der Waals surface area contributed by atoms with E-state index < -0.39 is 11.6 Å². The maximum atomic E-state index is 13.9. The van der Waals surface area contributed by atoms with Crippen molar-refractivity contribution >= 4 is 0 Å². The van der Waals surface area contributed by atoms with Crippen LogP contribution in [-0.2, 0) is 12.8 Å². The molecule has 16 heavy (non-hydrogen) atoms. The fourth-order valence-corrected chi connectivity index (χ4v) is 1.98. The Morgan fingerprint density at radius 3 is 2.88 bits per heavy atom. The van der Waals surface area contributed by atoms with Crippen LogP contribution >= 0.6 is 0 Å². The fourth-order valence-electron chi connectivity index (χ4n) is 1.98. The number of nitrogens with two attached hydrogens (primary N) is 1. The minimum absolute atomic E-state index is 0.178. The molecular weight excluding hydrogens is 212 g/mol. The molecule has 0 saturated carbocycles. The molecule has 2 N–H and O–H groups in total. The molecule has 2 rings (SSSR count). The smallest absolute Gasteiger partial charge is 0.136 e. The number of unbranched alkanes of at least 4 members (excludes halogenated alkanes) is 1. The molecule has 2 nitrogen and oxygen atoms in total. The third-order valence-electron chi connectivity index (χ3n) is 2.86. The molecule has 4 heteroatoms. The van der Waals surface area contributed by atoms with E-state index in [9.17, 15) is 8.78 Å². The van der Waals surface area contributed by atoms with E-state index in [2.05, 4.69) is 0 Å². The molecule has 1 heterocycles. The van der Waals surface area contributed by atoms with Gasteiger partial charge in [0.05, 0.1) is 6.61 Å². The van der Waals surface area contributed by atoms with Gasteiger partial charge in [-0.3, -0.25) is 0 Å². The van der Waals surface area contributed by atoms with Crippen molar-refractivity contribution < 1.29 is 13.5 Å². The lowest BCUT2D eigenvalue weighted by atomic mass is 10.0. The molecule has 0 unspecified atom stereocenters. The summed E-state index contributed by atoms with van der Waals surface area (Å²) in [6, 6.07) is 1.29. The predicted molar refractivity (Wildman–Crippen MR) is 57.5 cm³/mol. The molecule has 0 aliphatic carbocycles. The molecule has 1 aromatic rings. The van der Waals surface area contributed by atoms with Crippen molar-refractivity contribution in [1.82, 2.24) is 0 Å². The van der Waals surface area contributed by atoms with Gasteiger partial charge in [0.25, 0.3) is 0 Å². The van der Waals surface area contributed by atoms with Crippen LogP contribution in [0, 0.1) is 11.6 Å². The summed E-state index contributed by atoms with van der Waals surface area (Å²) in [5, 5.41) is 0. The number of benzene rings is 1. The fraction of sp³-hybridized carbons (Fsp3) is 0.500. The molecule has 0 saturated heterocycles. The highest BCUT2D eigenvalue weighted by Crippen LogP contribution is 2.32. The molecule has 1 aromatic carbocycles. The summed E-state index contributed by atoms with van der Waals surface area (Å²) in [5.74, 6) is -0.572. The van der Waals surface area contributed by atoms with Crippen LogP contribution in [0.25, 0.3) is 0 Å². The molecule has 0 bridgehead atoms. The van der Waals surface area contributed by atoms with Crippen molar-refractivity contribution in [2.75, 3.05) is 13.2 Å². The third-order valence-corrected chi connectivity index (χ3v) is 2.86. The summed E-state index contributed by atoms with van der Waals surface area (Å²) in [7, 11) is 0. The van der Waals surface area contributed by atoms with Gasteiger partial charge in [-0.15, -0.1) is 0 Å². The van der Waals surface area contributed by atoms with E-state index >= 15 is 0 Å². The van der Waals surface area contributed by atoms with Gasteiger partial charge in [-0.25, -0.2) is 8.78 Å². The molecule has 1 aliphatic rings. The van der Waals surface area contributed by atoms with E-state index in [0.29, 0.717) is 43.7 Å². The highest BCUT2D eigenvalue weighted by atomic mass is 19.1. The molecule has 0 fully saturated rings. The summed E-state index contributed by atoms with van der Waals surface area (Å²) in [6.45, 7) is 0.995. The van der Waals surface area contributed by atoms with Crippen molar-refractivity contribution in [1.29, 1.82) is 0 Å². The first-order valence-electron chi connectivity index (χ1n) is 5.56. The minimum atomic E-state index is -0.504. The van der Waals surface area contributed by atoms with Gasteiger partial charge >= 0.3 is 0 Å². The highest BCUT2D eigenvalue weighted by Gasteiger charge is 2.22. The van der Waals surface area contributed by atoms with Gasteiger partial charge in [0.2, 0.25) is 0 Å². The average molecular weight is 227 g/mol. The predicted octanol–water partition coefficient (Wildman–Crippen LogP) is 2.18. The van der Waals surface area contributed by atoms with E-state index in [1.165, 1.54) is 6.07 Å². The lowest BCUT2D eigenvalue weighted by Crippen LogP contribution is -2.03. The first kappa shape index (κ1) is 11.3. The largest absolute Gasteiger partial charge is 0.493 e. The summed E-state index contributed by atoms with van der Waals surface area (Å²) < 4.78 is 32.6. The Morgan fingerprint density at radius 1 is 1.31 bits per heavy atom. The Balaban J connectivity index is 2.24. The lowest BCUT2D eigenvalue weighted by molar-refractivity contribution is 0.355. The summed E-state index contributed by atoms with van der Waals surface area (Å²) in [6.07, 6.45) is 2.43. The van der Waals surface area contributed by atoms with Crippen LogP contribution in [0.4, 0.5) is 8.78 Å². The van der Waals surface area contributed by atoms with Crippen molar-refractivity contribution in [3.8, 4) is 5.75 Å². The second-order valence-corrected chi connectivity index (χ2v) is 3.97. The van der Waals surface area contributed by atoms with Gasteiger partial charge in [-0.1, -0.05) is 0 Å². The molecular formula is C12H15F2NO. The van der Waals surface area contributed by atoms with Gasteiger partial charge in [-0.05, 0) is 25.8 Å². The second kappa shape index (κ2) is 4.78. The zero-order chi connectivity index (χ0) is 11.5. The molecule has 0 amide bonds. The van der Waals surface area contributed by atoms with Crippen LogP contribution in [0.1, 0.15) is 24.0 Å². The van der Waals surface area contributed by atoms with E-state index in [-0.39, 0.29) is 5.56 Å². The van der Waals surface area contributed by atoms with E-state index in [1.807, 2.05) is 0 Å².